The largest absolute Gasteiger partial charge is 0.317 e. The summed E-state index contributed by atoms with van der Waals surface area (Å²) in [6.07, 6.45) is 9.59. The first-order valence-corrected chi connectivity index (χ1v) is 7.31. The number of hydrogen-bond acceptors (Lipinski definition) is 1. The number of hydrogen-bond donors (Lipinski definition) is 1. The molecule has 0 aliphatic carbocycles. The third-order valence-corrected chi connectivity index (χ3v) is 3.66. The van der Waals surface area contributed by atoms with Crippen molar-refractivity contribution in [2.24, 2.45) is 11.8 Å². The zero-order chi connectivity index (χ0) is 12.4. The van der Waals surface area contributed by atoms with Crippen LogP contribution in [0.3, 0.4) is 0 Å². The SMILES string of the molecule is CCCCC(CC)CC(CCC(C)C)NC. The van der Waals surface area contributed by atoms with Crippen LogP contribution in [0.4, 0.5) is 0 Å². The molecule has 0 aromatic rings. The first-order valence-electron chi connectivity index (χ1n) is 7.31. The van der Waals surface area contributed by atoms with Gasteiger partial charge in [-0.1, -0.05) is 53.4 Å². The summed E-state index contributed by atoms with van der Waals surface area (Å²) < 4.78 is 0. The molecule has 0 aromatic carbocycles. The van der Waals surface area contributed by atoms with Gasteiger partial charge in [0.05, 0.1) is 0 Å². The van der Waals surface area contributed by atoms with Crippen LogP contribution >= 0.6 is 0 Å². The van der Waals surface area contributed by atoms with Crippen molar-refractivity contribution in [1.29, 1.82) is 0 Å². The van der Waals surface area contributed by atoms with Crippen molar-refractivity contribution >= 4 is 0 Å². The van der Waals surface area contributed by atoms with Crippen LogP contribution in [0.1, 0.15) is 72.6 Å². The van der Waals surface area contributed by atoms with Gasteiger partial charge in [0.15, 0.2) is 0 Å². The molecule has 0 heterocycles. The van der Waals surface area contributed by atoms with Crippen LogP contribution in [0.5, 0.6) is 0 Å². The third-order valence-electron chi connectivity index (χ3n) is 3.66. The van der Waals surface area contributed by atoms with Crippen molar-refractivity contribution in [2.75, 3.05) is 7.05 Å². The molecule has 0 radical (unpaired) electrons. The number of nitrogens with one attached hydrogen (secondary N) is 1. The van der Waals surface area contributed by atoms with Gasteiger partial charge in [-0.05, 0) is 38.1 Å². The van der Waals surface area contributed by atoms with Crippen LogP contribution < -0.4 is 5.32 Å². The summed E-state index contributed by atoms with van der Waals surface area (Å²) in [6.45, 7) is 9.28. The molecule has 0 rings (SSSR count). The Morgan fingerprint density at radius 3 is 2.12 bits per heavy atom. The van der Waals surface area contributed by atoms with E-state index in [1.807, 2.05) is 0 Å². The van der Waals surface area contributed by atoms with Gasteiger partial charge in [-0.2, -0.15) is 0 Å². The quantitative estimate of drug-likeness (QED) is 0.574. The van der Waals surface area contributed by atoms with Gasteiger partial charge < -0.3 is 5.32 Å². The van der Waals surface area contributed by atoms with Crippen LogP contribution in [0.25, 0.3) is 0 Å². The van der Waals surface area contributed by atoms with Crippen molar-refractivity contribution < 1.29 is 0 Å². The second kappa shape index (κ2) is 10.1. The summed E-state index contributed by atoms with van der Waals surface area (Å²) in [5.41, 5.74) is 0. The minimum atomic E-state index is 0.740. The normalized spacial score (nSPS) is 15.4. The first kappa shape index (κ1) is 16.0. The van der Waals surface area contributed by atoms with Crippen LogP contribution in [0.15, 0.2) is 0 Å². The summed E-state index contributed by atoms with van der Waals surface area (Å²) in [5.74, 6) is 1.77. The van der Waals surface area contributed by atoms with Crippen LogP contribution in [0.2, 0.25) is 0 Å². The van der Waals surface area contributed by atoms with Gasteiger partial charge in [-0.15, -0.1) is 0 Å². The highest BCUT2D eigenvalue weighted by Gasteiger charge is 2.13. The van der Waals surface area contributed by atoms with Crippen LogP contribution in [-0.2, 0) is 0 Å². The molecular weight excluding hydrogens is 194 g/mol. The summed E-state index contributed by atoms with van der Waals surface area (Å²) in [5, 5.41) is 3.50. The summed E-state index contributed by atoms with van der Waals surface area (Å²) >= 11 is 0. The maximum Gasteiger partial charge on any atom is 0.00667 e. The molecule has 1 heteroatoms. The molecule has 98 valence electrons. The smallest absolute Gasteiger partial charge is 0.00667 e. The molecule has 1 N–H and O–H groups in total. The maximum absolute atomic E-state index is 3.50. The fraction of sp³-hybridized carbons (Fsp3) is 1.00. The van der Waals surface area contributed by atoms with E-state index in [1.165, 1.54) is 44.9 Å². The van der Waals surface area contributed by atoms with Crippen molar-refractivity contribution in [3.63, 3.8) is 0 Å². The molecule has 0 aromatic heterocycles. The molecule has 0 aliphatic rings. The molecule has 0 aliphatic heterocycles. The molecule has 0 saturated heterocycles. The summed E-state index contributed by atoms with van der Waals surface area (Å²) in [7, 11) is 2.12. The van der Waals surface area contributed by atoms with E-state index in [1.54, 1.807) is 0 Å². The van der Waals surface area contributed by atoms with Crippen molar-refractivity contribution in [3.05, 3.63) is 0 Å². The van der Waals surface area contributed by atoms with E-state index >= 15 is 0 Å². The van der Waals surface area contributed by atoms with Crippen molar-refractivity contribution in [2.45, 2.75) is 78.7 Å². The fourth-order valence-corrected chi connectivity index (χ4v) is 2.30. The Bertz CT molecular complexity index is 142. The van der Waals surface area contributed by atoms with Crippen LogP contribution in [-0.4, -0.2) is 13.1 Å². The average molecular weight is 227 g/mol. The molecule has 0 bridgehead atoms. The number of unbranched alkanes of at least 4 members (excludes halogenated alkanes) is 1. The van der Waals surface area contributed by atoms with E-state index in [0.717, 1.165) is 17.9 Å². The highest BCUT2D eigenvalue weighted by Crippen LogP contribution is 2.21. The van der Waals surface area contributed by atoms with Gasteiger partial charge in [0.1, 0.15) is 0 Å². The van der Waals surface area contributed by atoms with E-state index < -0.39 is 0 Å². The Hall–Kier alpha value is -0.0400. The van der Waals surface area contributed by atoms with Crippen molar-refractivity contribution in [3.8, 4) is 0 Å². The number of rotatable bonds is 10. The molecule has 16 heavy (non-hydrogen) atoms. The Labute approximate surface area is 103 Å². The minimum Gasteiger partial charge on any atom is -0.317 e. The molecule has 0 fully saturated rings. The van der Waals surface area contributed by atoms with Gasteiger partial charge in [-0.25, -0.2) is 0 Å². The molecular formula is C15H33N. The lowest BCUT2D eigenvalue weighted by molar-refractivity contribution is 0.335. The Kier molecular flexibility index (Phi) is 10.1. The zero-order valence-corrected chi connectivity index (χ0v) is 12.2. The molecule has 0 amide bonds. The lowest BCUT2D eigenvalue weighted by atomic mass is 9.89. The Morgan fingerprint density at radius 2 is 1.69 bits per heavy atom. The maximum atomic E-state index is 3.50. The van der Waals surface area contributed by atoms with Gasteiger partial charge in [0.25, 0.3) is 0 Å². The Morgan fingerprint density at radius 1 is 1.00 bits per heavy atom. The average Bonchev–Trinajstić information content (AvgIpc) is 2.28. The molecule has 0 spiro atoms. The van der Waals surface area contributed by atoms with Crippen molar-refractivity contribution in [1.82, 2.24) is 5.32 Å². The van der Waals surface area contributed by atoms with E-state index in [0.29, 0.717) is 0 Å². The van der Waals surface area contributed by atoms with E-state index in [4.69, 9.17) is 0 Å². The molecule has 1 nitrogen and oxygen atoms in total. The molecule has 2 unspecified atom stereocenters. The highest BCUT2D eigenvalue weighted by atomic mass is 14.9. The van der Waals surface area contributed by atoms with Gasteiger partial charge in [0, 0.05) is 6.04 Å². The topological polar surface area (TPSA) is 12.0 Å². The zero-order valence-electron chi connectivity index (χ0n) is 12.2. The highest BCUT2D eigenvalue weighted by molar-refractivity contribution is 4.71. The van der Waals surface area contributed by atoms with Gasteiger partial charge in [0.2, 0.25) is 0 Å². The lowest BCUT2D eigenvalue weighted by Crippen LogP contribution is -2.28. The first-order chi connectivity index (χ1) is 7.63. The predicted molar refractivity (Wildman–Crippen MR) is 74.8 cm³/mol. The van der Waals surface area contributed by atoms with Crippen LogP contribution in [0, 0.1) is 11.8 Å². The second-order valence-electron chi connectivity index (χ2n) is 5.61. The molecule has 2 atom stereocenters. The monoisotopic (exact) mass is 227 g/mol. The summed E-state index contributed by atoms with van der Waals surface area (Å²) in [6, 6.07) is 0.740. The van der Waals surface area contributed by atoms with E-state index in [2.05, 4.69) is 40.1 Å². The third kappa shape index (κ3) is 8.15. The van der Waals surface area contributed by atoms with Gasteiger partial charge >= 0.3 is 0 Å². The van der Waals surface area contributed by atoms with Gasteiger partial charge in [-0.3, -0.25) is 0 Å². The standard InChI is InChI=1S/C15H33N/c1-6-8-9-14(7-2)12-15(16-5)11-10-13(3)4/h13-16H,6-12H2,1-5H3. The minimum absolute atomic E-state index is 0.740. The predicted octanol–water partition coefficient (Wildman–Crippen LogP) is 4.62. The second-order valence-corrected chi connectivity index (χ2v) is 5.61. The fourth-order valence-electron chi connectivity index (χ4n) is 2.30. The lowest BCUT2D eigenvalue weighted by Gasteiger charge is -2.23. The van der Waals surface area contributed by atoms with E-state index in [9.17, 15) is 0 Å². The van der Waals surface area contributed by atoms with E-state index in [-0.39, 0.29) is 0 Å². The Balaban J connectivity index is 3.86. The summed E-state index contributed by atoms with van der Waals surface area (Å²) in [4.78, 5) is 0. The molecule has 0 saturated carbocycles.